The lowest BCUT2D eigenvalue weighted by molar-refractivity contribution is 0.338. The van der Waals surface area contributed by atoms with Gasteiger partial charge in [0.1, 0.15) is 34.0 Å². The molecule has 4 aromatic carbocycles. The summed E-state index contributed by atoms with van der Waals surface area (Å²) < 4.78 is 62.0. The third-order valence-corrected chi connectivity index (χ3v) is 6.20. The summed E-state index contributed by atoms with van der Waals surface area (Å²) in [5.41, 5.74) is 2.45. The van der Waals surface area contributed by atoms with E-state index in [0.29, 0.717) is 53.7 Å². The van der Waals surface area contributed by atoms with Crippen LogP contribution in [-0.4, -0.2) is 6.61 Å². The van der Waals surface area contributed by atoms with Crippen LogP contribution < -0.4 is 4.74 Å². The first-order chi connectivity index (χ1) is 16.4. The van der Waals surface area contributed by atoms with E-state index < -0.39 is 16.7 Å². The van der Waals surface area contributed by atoms with Gasteiger partial charge in [0, 0.05) is 11.5 Å². The zero-order chi connectivity index (χ0) is 24.2. The van der Waals surface area contributed by atoms with Gasteiger partial charge in [-0.25, -0.2) is 17.6 Å². The SMILES string of the molecule is CCOc1ccc(CCc2ccc3c(F)c(CCc4cc(F)c(Cl)c(F)c4)ccc3c2)c(F)c1. The molecule has 0 heterocycles. The average molecular weight is 487 g/mol. The molecule has 0 radical (unpaired) electrons. The van der Waals surface area contributed by atoms with Gasteiger partial charge in [0.05, 0.1) is 6.61 Å². The van der Waals surface area contributed by atoms with Crippen molar-refractivity contribution in [1.82, 2.24) is 0 Å². The average Bonchev–Trinajstić information content (AvgIpc) is 2.81. The molecule has 176 valence electrons. The molecule has 0 fully saturated rings. The minimum atomic E-state index is -0.826. The largest absolute Gasteiger partial charge is 0.494 e. The van der Waals surface area contributed by atoms with Crippen LogP contribution in [0.1, 0.15) is 29.2 Å². The molecule has 0 aliphatic heterocycles. The third kappa shape index (κ3) is 5.36. The molecule has 0 atom stereocenters. The minimum absolute atomic E-state index is 0.277. The summed E-state index contributed by atoms with van der Waals surface area (Å²) in [4.78, 5) is 0. The molecule has 0 aliphatic carbocycles. The van der Waals surface area contributed by atoms with Crippen LogP contribution in [0.5, 0.6) is 5.75 Å². The fraction of sp³-hybridized carbons (Fsp3) is 0.214. The number of fused-ring (bicyclic) bond motifs is 1. The van der Waals surface area contributed by atoms with Gasteiger partial charge in [-0.15, -0.1) is 0 Å². The molecule has 0 saturated heterocycles. The summed E-state index contributed by atoms with van der Waals surface area (Å²) in [6.45, 7) is 2.33. The van der Waals surface area contributed by atoms with E-state index in [0.717, 1.165) is 10.9 Å². The van der Waals surface area contributed by atoms with E-state index >= 15 is 4.39 Å². The van der Waals surface area contributed by atoms with Crippen LogP contribution in [0.2, 0.25) is 5.02 Å². The van der Waals surface area contributed by atoms with E-state index in [2.05, 4.69) is 0 Å². The Morgan fingerprint density at radius 3 is 2.06 bits per heavy atom. The quantitative estimate of drug-likeness (QED) is 0.181. The van der Waals surface area contributed by atoms with Crippen molar-refractivity contribution in [2.75, 3.05) is 6.61 Å². The normalized spacial score (nSPS) is 11.2. The second-order valence-electron chi connectivity index (χ2n) is 8.15. The lowest BCUT2D eigenvalue weighted by Crippen LogP contribution is -1.99. The topological polar surface area (TPSA) is 9.23 Å². The molecular weight excluding hydrogens is 464 g/mol. The summed E-state index contributed by atoms with van der Waals surface area (Å²) >= 11 is 5.52. The van der Waals surface area contributed by atoms with Crippen molar-refractivity contribution in [3.8, 4) is 5.75 Å². The maximum Gasteiger partial charge on any atom is 0.145 e. The lowest BCUT2D eigenvalue weighted by atomic mass is 9.97. The molecule has 0 amide bonds. The molecule has 0 saturated carbocycles. The summed E-state index contributed by atoms with van der Waals surface area (Å²) in [6.07, 6.45) is 1.69. The molecule has 0 bridgehead atoms. The van der Waals surface area contributed by atoms with Gasteiger partial charge in [0.15, 0.2) is 0 Å². The molecule has 4 rings (SSSR count). The number of ether oxygens (including phenoxy) is 1. The number of halogens is 5. The fourth-order valence-corrected chi connectivity index (χ4v) is 4.14. The Hall–Kier alpha value is -3.05. The van der Waals surface area contributed by atoms with E-state index in [-0.39, 0.29) is 18.1 Å². The lowest BCUT2D eigenvalue weighted by Gasteiger charge is -2.10. The Morgan fingerprint density at radius 1 is 0.676 bits per heavy atom. The maximum atomic E-state index is 15.1. The first kappa shape index (κ1) is 24.1. The molecule has 4 aromatic rings. The highest BCUT2D eigenvalue weighted by Crippen LogP contribution is 2.26. The number of hydrogen-bond donors (Lipinski definition) is 0. The highest BCUT2D eigenvalue weighted by atomic mass is 35.5. The number of rotatable bonds is 8. The van der Waals surface area contributed by atoms with E-state index in [1.807, 2.05) is 25.1 Å². The fourth-order valence-electron chi connectivity index (χ4n) is 4.03. The van der Waals surface area contributed by atoms with Gasteiger partial charge in [-0.05, 0) is 78.4 Å². The minimum Gasteiger partial charge on any atom is -0.494 e. The Labute approximate surface area is 200 Å². The number of hydrogen-bond acceptors (Lipinski definition) is 1. The summed E-state index contributed by atoms with van der Waals surface area (Å²) in [5, 5.41) is 0.679. The molecule has 0 spiro atoms. The summed E-state index contributed by atoms with van der Waals surface area (Å²) in [6, 6.07) is 16.2. The van der Waals surface area contributed by atoms with Crippen molar-refractivity contribution < 1.29 is 22.3 Å². The molecule has 1 nitrogen and oxygen atoms in total. The van der Waals surface area contributed by atoms with Gasteiger partial charge in [-0.2, -0.15) is 0 Å². The number of aryl methyl sites for hydroxylation is 4. The van der Waals surface area contributed by atoms with Crippen molar-refractivity contribution >= 4 is 22.4 Å². The molecule has 0 aromatic heterocycles. The van der Waals surface area contributed by atoms with Gasteiger partial charge >= 0.3 is 0 Å². The van der Waals surface area contributed by atoms with Crippen LogP contribution in [0.25, 0.3) is 10.8 Å². The Balaban J connectivity index is 1.46. The second-order valence-corrected chi connectivity index (χ2v) is 8.53. The maximum absolute atomic E-state index is 15.1. The van der Waals surface area contributed by atoms with E-state index in [9.17, 15) is 13.2 Å². The summed E-state index contributed by atoms with van der Waals surface area (Å²) in [7, 11) is 0. The second kappa shape index (κ2) is 10.5. The molecule has 0 unspecified atom stereocenters. The van der Waals surface area contributed by atoms with Crippen molar-refractivity contribution in [3.05, 3.63) is 111 Å². The highest BCUT2D eigenvalue weighted by Gasteiger charge is 2.12. The molecule has 0 N–H and O–H groups in total. The molecule has 34 heavy (non-hydrogen) atoms. The van der Waals surface area contributed by atoms with Crippen molar-refractivity contribution in [1.29, 1.82) is 0 Å². The molecule has 0 aliphatic rings. The smallest absolute Gasteiger partial charge is 0.145 e. The standard InChI is InChI=1S/C28H23ClF4O/c1-2-34-22-11-10-19(24(30)16-22)6-3-17-5-12-23-21(13-17)9-8-20(28(23)33)7-4-18-14-25(31)27(29)26(32)15-18/h5,8-16H,2-4,6-7H2,1H3. The Bertz CT molecular complexity index is 1310. The first-order valence-corrected chi connectivity index (χ1v) is 11.5. The zero-order valence-corrected chi connectivity index (χ0v) is 19.4. The van der Waals surface area contributed by atoms with Crippen molar-refractivity contribution in [2.24, 2.45) is 0 Å². The predicted molar refractivity (Wildman–Crippen MR) is 128 cm³/mol. The van der Waals surface area contributed by atoms with Crippen LogP contribution >= 0.6 is 11.6 Å². The Kier molecular flexibility index (Phi) is 7.42. The van der Waals surface area contributed by atoms with Crippen LogP contribution in [-0.2, 0) is 25.7 Å². The molecular formula is C28H23ClF4O. The zero-order valence-electron chi connectivity index (χ0n) is 18.6. The highest BCUT2D eigenvalue weighted by molar-refractivity contribution is 6.30. The van der Waals surface area contributed by atoms with Gasteiger partial charge in [-0.1, -0.05) is 48.0 Å². The first-order valence-electron chi connectivity index (χ1n) is 11.1. The van der Waals surface area contributed by atoms with Crippen LogP contribution in [0.4, 0.5) is 17.6 Å². The third-order valence-electron chi connectivity index (χ3n) is 5.84. The van der Waals surface area contributed by atoms with Gasteiger partial charge in [0.25, 0.3) is 0 Å². The van der Waals surface area contributed by atoms with Gasteiger partial charge < -0.3 is 4.74 Å². The monoisotopic (exact) mass is 486 g/mol. The van der Waals surface area contributed by atoms with Crippen molar-refractivity contribution in [2.45, 2.75) is 32.6 Å². The van der Waals surface area contributed by atoms with Crippen LogP contribution in [0.3, 0.4) is 0 Å². The van der Waals surface area contributed by atoms with Gasteiger partial charge in [-0.3, -0.25) is 0 Å². The number of benzene rings is 4. The molecule has 6 heteroatoms. The van der Waals surface area contributed by atoms with Crippen LogP contribution in [0.15, 0.2) is 60.7 Å². The van der Waals surface area contributed by atoms with E-state index in [4.69, 9.17) is 16.3 Å². The van der Waals surface area contributed by atoms with E-state index in [1.165, 1.54) is 18.2 Å². The van der Waals surface area contributed by atoms with Gasteiger partial charge in [0.2, 0.25) is 0 Å². The Morgan fingerprint density at radius 2 is 1.35 bits per heavy atom. The predicted octanol–water partition coefficient (Wildman–Crippen LogP) is 8.02. The van der Waals surface area contributed by atoms with Crippen LogP contribution in [0, 0.1) is 23.3 Å². The summed E-state index contributed by atoms with van der Waals surface area (Å²) in [5.74, 6) is -1.80. The van der Waals surface area contributed by atoms with Crippen molar-refractivity contribution in [3.63, 3.8) is 0 Å². The van der Waals surface area contributed by atoms with E-state index in [1.54, 1.807) is 24.3 Å².